The Hall–Kier alpha value is -0.0400. The largest absolute Gasteiger partial charge is 0.381 e. The molecule has 0 aromatic heterocycles. The van der Waals surface area contributed by atoms with Gasteiger partial charge in [0.25, 0.3) is 0 Å². The van der Waals surface area contributed by atoms with Crippen LogP contribution >= 0.6 is 0 Å². The summed E-state index contributed by atoms with van der Waals surface area (Å²) in [7, 11) is 0. The van der Waals surface area contributed by atoms with Gasteiger partial charge in [-0.2, -0.15) is 0 Å². The molecule has 1 heteroatoms. The van der Waals surface area contributed by atoms with E-state index >= 15 is 0 Å². The van der Waals surface area contributed by atoms with Crippen molar-refractivity contribution in [1.29, 1.82) is 0 Å². The molecule has 0 fully saturated rings. The van der Waals surface area contributed by atoms with Crippen LogP contribution in [0.25, 0.3) is 0 Å². The molecule has 0 aliphatic heterocycles. The first-order chi connectivity index (χ1) is 6.41. The van der Waals surface area contributed by atoms with Gasteiger partial charge in [-0.15, -0.1) is 0 Å². The summed E-state index contributed by atoms with van der Waals surface area (Å²) < 4.78 is 5.43. The van der Waals surface area contributed by atoms with E-state index in [4.69, 9.17) is 4.74 Å². The molecule has 0 aliphatic rings. The van der Waals surface area contributed by atoms with Crippen molar-refractivity contribution in [3.8, 4) is 0 Å². The minimum atomic E-state index is 0.853. The monoisotopic (exact) mass is 185 g/mol. The average molecular weight is 185 g/mol. The van der Waals surface area contributed by atoms with Crippen LogP contribution in [-0.4, -0.2) is 13.2 Å². The summed E-state index contributed by atoms with van der Waals surface area (Å²) in [5.74, 6) is 0. The van der Waals surface area contributed by atoms with Gasteiger partial charge in [-0.25, -0.2) is 0 Å². The van der Waals surface area contributed by atoms with E-state index in [1.165, 1.54) is 44.9 Å². The van der Waals surface area contributed by atoms with Gasteiger partial charge in [0.15, 0.2) is 0 Å². The third-order valence-electron chi connectivity index (χ3n) is 2.14. The zero-order valence-electron chi connectivity index (χ0n) is 9.35. The molecule has 0 bridgehead atoms. The van der Waals surface area contributed by atoms with Gasteiger partial charge in [0, 0.05) is 13.2 Å². The molecule has 0 atom stereocenters. The normalized spacial score (nSPS) is 10.6. The molecule has 13 heavy (non-hydrogen) atoms. The lowest BCUT2D eigenvalue weighted by molar-refractivity contribution is 0.148. The Labute approximate surface area is 83.9 Å². The molecule has 0 aliphatic carbocycles. The van der Waals surface area contributed by atoms with Crippen LogP contribution in [0.3, 0.4) is 0 Å². The first-order valence-electron chi connectivity index (χ1n) is 5.81. The smallest absolute Gasteiger partial charge is 0.0497 e. The van der Waals surface area contributed by atoms with Gasteiger partial charge >= 0.3 is 0 Å². The maximum Gasteiger partial charge on any atom is 0.0497 e. The average Bonchev–Trinajstić information content (AvgIpc) is 2.16. The Kier molecular flexibility index (Phi) is 11.9. The van der Waals surface area contributed by atoms with E-state index in [0.717, 1.165) is 13.2 Å². The number of rotatable bonds is 10. The fourth-order valence-electron chi connectivity index (χ4n) is 1.21. The SMILES string of the molecule is CCCCCC[CH]COCCCC. The van der Waals surface area contributed by atoms with Crippen LogP contribution < -0.4 is 0 Å². The fraction of sp³-hybridized carbons (Fsp3) is 0.917. The first kappa shape index (κ1) is 13.0. The predicted octanol–water partition coefficient (Wildman–Crippen LogP) is 3.98. The van der Waals surface area contributed by atoms with Crippen LogP contribution in [0.15, 0.2) is 0 Å². The molecule has 1 radical (unpaired) electrons. The lowest BCUT2D eigenvalue weighted by atomic mass is 10.1. The highest BCUT2D eigenvalue weighted by molar-refractivity contribution is 4.62. The Morgan fingerprint density at radius 3 is 2.38 bits per heavy atom. The maximum atomic E-state index is 5.43. The van der Waals surface area contributed by atoms with E-state index in [2.05, 4.69) is 20.3 Å². The van der Waals surface area contributed by atoms with Crippen molar-refractivity contribution in [3.63, 3.8) is 0 Å². The molecule has 0 saturated carbocycles. The lowest BCUT2D eigenvalue weighted by Gasteiger charge is -2.02. The zero-order valence-corrected chi connectivity index (χ0v) is 9.35. The summed E-state index contributed by atoms with van der Waals surface area (Å²) in [5.41, 5.74) is 0. The van der Waals surface area contributed by atoms with Crippen LogP contribution in [0, 0.1) is 6.42 Å². The highest BCUT2D eigenvalue weighted by atomic mass is 16.5. The van der Waals surface area contributed by atoms with Gasteiger partial charge < -0.3 is 4.74 Å². The Morgan fingerprint density at radius 2 is 1.69 bits per heavy atom. The molecule has 0 aromatic carbocycles. The van der Waals surface area contributed by atoms with E-state index in [-0.39, 0.29) is 0 Å². The second-order valence-electron chi connectivity index (χ2n) is 3.57. The number of hydrogen-bond donors (Lipinski definition) is 0. The van der Waals surface area contributed by atoms with Crippen molar-refractivity contribution in [3.05, 3.63) is 6.42 Å². The fourth-order valence-corrected chi connectivity index (χ4v) is 1.21. The maximum absolute atomic E-state index is 5.43. The van der Waals surface area contributed by atoms with Crippen molar-refractivity contribution in [2.45, 2.75) is 58.8 Å². The van der Waals surface area contributed by atoms with Crippen LogP contribution in [0.1, 0.15) is 58.8 Å². The highest BCUT2D eigenvalue weighted by Crippen LogP contribution is 2.04. The Bertz CT molecular complexity index is 71.2. The third kappa shape index (κ3) is 12.0. The van der Waals surface area contributed by atoms with Gasteiger partial charge in [0.1, 0.15) is 0 Å². The molecule has 0 unspecified atom stereocenters. The number of unbranched alkanes of at least 4 members (excludes halogenated alkanes) is 6. The summed E-state index contributed by atoms with van der Waals surface area (Å²) in [5, 5.41) is 0. The van der Waals surface area contributed by atoms with Gasteiger partial charge in [0.05, 0.1) is 0 Å². The van der Waals surface area contributed by atoms with Crippen molar-refractivity contribution < 1.29 is 4.74 Å². The lowest BCUT2D eigenvalue weighted by Crippen LogP contribution is -1.97. The molecule has 0 saturated heterocycles. The Morgan fingerprint density at radius 1 is 0.923 bits per heavy atom. The predicted molar refractivity (Wildman–Crippen MR) is 58.8 cm³/mol. The van der Waals surface area contributed by atoms with Crippen LogP contribution in [0.4, 0.5) is 0 Å². The molecule has 0 amide bonds. The minimum absolute atomic E-state index is 0.853. The van der Waals surface area contributed by atoms with Crippen molar-refractivity contribution in [2.75, 3.05) is 13.2 Å². The third-order valence-corrected chi connectivity index (χ3v) is 2.14. The second-order valence-corrected chi connectivity index (χ2v) is 3.57. The van der Waals surface area contributed by atoms with Gasteiger partial charge in [-0.1, -0.05) is 46.0 Å². The zero-order chi connectivity index (χ0) is 9.78. The van der Waals surface area contributed by atoms with Crippen LogP contribution in [-0.2, 0) is 4.74 Å². The van der Waals surface area contributed by atoms with Crippen molar-refractivity contribution >= 4 is 0 Å². The molecule has 0 rings (SSSR count). The van der Waals surface area contributed by atoms with Crippen molar-refractivity contribution in [1.82, 2.24) is 0 Å². The molecule has 0 heterocycles. The Balaban J connectivity index is 2.76. The molecule has 1 nitrogen and oxygen atoms in total. The standard InChI is InChI=1S/C12H25O/c1-3-5-7-8-9-10-12-13-11-6-4-2/h10H,3-9,11-12H2,1-2H3. The van der Waals surface area contributed by atoms with Gasteiger partial charge in [0.2, 0.25) is 0 Å². The van der Waals surface area contributed by atoms with E-state index in [1.54, 1.807) is 0 Å². The van der Waals surface area contributed by atoms with Crippen molar-refractivity contribution in [2.24, 2.45) is 0 Å². The molecule has 0 spiro atoms. The van der Waals surface area contributed by atoms with Gasteiger partial charge in [-0.3, -0.25) is 0 Å². The van der Waals surface area contributed by atoms with E-state index in [1.807, 2.05) is 0 Å². The summed E-state index contributed by atoms with van der Waals surface area (Å²) in [6.07, 6.45) is 11.3. The van der Waals surface area contributed by atoms with Crippen LogP contribution in [0.5, 0.6) is 0 Å². The topological polar surface area (TPSA) is 9.23 Å². The summed E-state index contributed by atoms with van der Waals surface area (Å²) >= 11 is 0. The second kappa shape index (κ2) is 12.0. The van der Waals surface area contributed by atoms with Crippen LogP contribution in [0.2, 0.25) is 0 Å². The van der Waals surface area contributed by atoms with E-state index in [9.17, 15) is 0 Å². The molecular formula is C12H25O. The molecule has 79 valence electrons. The van der Waals surface area contributed by atoms with Gasteiger partial charge in [-0.05, 0) is 19.3 Å². The number of hydrogen-bond acceptors (Lipinski definition) is 1. The first-order valence-corrected chi connectivity index (χ1v) is 5.81. The summed E-state index contributed by atoms with van der Waals surface area (Å²) in [6, 6.07) is 0. The quantitative estimate of drug-likeness (QED) is 0.468. The molecule has 0 aromatic rings. The summed E-state index contributed by atoms with van der Waals surface area (Å²) in [6.45, 7) is 6.23. The summed E-state index contributed by atoms with van der Waals surface area (Å²) in [4.78, 5) is 0. The number of ether oxygens (including phenoxy) is 1. The van der Waals surface area contributed by atoms with E-state index in [0.29, 0.717) is 0 Å². The molecular weight excluding hydrogens is 160 g/mol. The molecule has 0 N–H and O–H groups in total. The highest BCUT2D eigenvalue weighted by Gasteiger charge is 1.90. The minimum Gasteiger partial charge on any atom is -0.381 e. The van der Waals surface area contributed by atoms with E-state index < -0.39 is 0 Å².